The largest absolute Gasteiger partial charge is 0.440 e. The summed E-state index contributed by atoms with van der Waals surface area (Å²) >= 11 is 0. The quantitative estimate of drug-likeness (QED) is 0.681. The van der Waals surface area contributed by atoms with E-state index in [2.05, 4.69) is 4.98 Å². The molecule has 0 fully saturated rings. The molecule has 3 nitrogen and oxygen atoms in total. The van der Waals surface area contributed by atoms with Crippen molar-refractivity contribution in [2.75, 3.05) is 0 Å². The molecule has 0 aliphatic carbocycles. The van der Waals surface area contributed by atoms with Gasteiger partial charge in [0.15, 0.2) is 11.4 Å². The lowest BCUT2D eigenvalue weighted by Crippen LogP contribution is -2.06. The van der Waals surface area contributed by atoms with Crippen molar-refractivity contribution in [2.24, 2.45) is 0 Å². The second kappa shape index (κ2) is 4.89. The summed E-state index contributed by atoms with van der Waals surface area (Å²) in [6.07, 6.45) is 0.0268. The van der Waals surface area contributed by atoms with Crippen molar-refractivity contribution < 1.29 is 13.6 Å². The van der Waals surface area contributed by atoms with E-state index in [9.17, 15) is 9.18 Å². The molecular formula is C16H12FNO2. The number of carbonyl (C=O) groups excluding carboxylic acids is 1. The highest BCUT2D eigenvalue weighted by Gasteiger charge is 2.15. The Labute approximate surface area is 115 Å². The van der Waals surface area contributed by atoms with Crippen LogP contribution >= 0.6 is 0 Å². The predicted molar refractivity (Wildman–Crippen MR) is 73.2 cm³/mol. The van der Waals surface area contributed by atoms with Crippen LogP contribution in [0.4, 0.5) is 4.39 Å². The van der Waals surface area contributed by atoms with Crippen molar-refractivity contribution in [2.45, 2.75) is 13.3 Å². The van der Waals surface area contributed by atoms with Gasteiger partial charge in [-0.25, -0.2) is 9.37 Å². The molecule has 0 unspecified atom stereocenters. The Hall–Kier alpha value is -2.49. The molecule has 3 rings (SSSR count). The van der Waals surface area contributed by atoms with E-state index in [-0.39, 0.29) is 12.2 Å². The fraction of sp³-hybridized carbons (Fsp3) is 0.125. The Morgan fingerprint density at radius 2 is 2.05 bits per heavy atom. The van der Waals surface area contributed by atoms with Gasteiger partial charge in [0.25, 0.3) is 0 Å². The monoisotopic (exact) mass is 269 g/mol. The third kappa shape index (κ3) is 2.32. The maximum absolute atomic E-state index is 13.2. The lowest BCUT2D eigenvalue weighted by molar-refractivity contribution is 0.0985. The van der Waals surface area contributed by atoms with E-state index >= 15 is 0 Å². The molecule has 20 heavy (non-hydrogen) atoms. The van der Waals surface area contributed by atoms with Gasteiger partial charge >= 0.3 is 0 Å². The lowest BCUT2D eigenvalue weighted by Gasteiger charge is -2.03. The standard InChI is InChI=1S/C16H12FNO2/c1-10-6-7-11(17)8-12(10)14(19)9-16-18-13-4-2-3-5-15(13)20-16/h2-8H,9H2,1H3. The summed E-state index contributed by atoms with van der Waals surface area (Å²) in [6.45, 7) is 1.78. The van der Waals surface area contributed by atoms with Crippen LogP contribution in [0.2, 0.25) is 0 Å². The first-order valence-electron chi connectivity index (χ1n) is 6.27. The highest BCUT2D eigenvalue weighted by atomic mass is 19.1. The van der Waals surface area contributed by atoms with Gasteiger partial charge in [-0.15, -0.1) is 0 Å². The first-order chi connectivity index (χ1) is 9.63. The topological polar surface area (TPSA) is 43.1 Å². The fourth-order valence-electron chi connectivity index (χ4n) is 2.12. The molecule has 1 heterocycles. The molecule has 0 saturated carbocycles. The van der Waals surface area contributed by atoms with E-state index in [1.165, 1.54) is 12.1 Å². The first kappa shape index (κ1) is 12.5. The molecule has 0 aliphatic heterocycles. The number of ketones is 1. The molecule has 0 radical (unpaired) electrons. The minimum absolute atomic E-state index is 0.0268. The summed E-state index contributed by atoms with van der Waals surface area (Å²) in [5.41, 5.74) is 2.47. The Morgan fingerprint density at radius 1 is 1.25 bits per heavy atom. The average molecular weight is 269 g/mol. The number of halogens is 1. The van der Waals surface area contributed by atoms with Crippen molar-refractivity contribution in [1.82, 2.24) is 4.98 Å². The van der Waals surface area contributed by atoms with Crippen molar-refractivity contribution in [1.29, 1.82) is 0 Å². The molecular weight excluding hydrogens is 257 g/mol. The van der Waals surface area contributed by atoms with Gasteiger partial charge in [-0.1, -0.05) is 18.2 Å². The van der Waals surface area contributed by atoms with Gasteiger partial charge in [0.1, 0.15) is 11.3 Å². The van der Waals surface area contributed by atoms with Crippen LogP contribution in [-0.2, 0) is 6.42 Å². The molecule has 0 spiro atoms. The van der Waals surface area contributed by atoms with Crippen LogP contribution in [0, 0.1) is 12.7 Å². The maximum Gasteiger partial charge on any atom is 0.203 e. The number of para-hydroxylation sites is 2. The smallest absolute Gasteiger partial charge is 0.203 e. The van der Waals surface area contributed by atoms with Gasteiger partial charge in [-0.2, -0.15) is 0 Å². The molecule has 0 bridgehead atoms. The Balaban J connectivity index is 1.90. The van der Waals surface area contributed by atoms with E-state index in [1.807, 2.05) is 18.2 Å². The number of Topliss-reactive ketones (excluding diaryl/α,β-unsaturated/α-hetero) is 1. The average Bonchev–Trinajstić information content (AvgIpc) is 2.83. The van der Waals surface area contributed by atoms with E-state index < -0.39 is 5.82 Å². The van der Waals surface area contributed by atoms with Gasteiger partial charge < -0.3 is 4.42 Å². The molecule has 3 aromatic rings. The van der Waals surface area contributed by atoms with Gasteiger partial charge in [0.2, 0.25) is 5.89 Å². The van der Waals surface area contributed by atoms with Crippen LogP contribution in [0.15, 0.2) is 46.9 Å². The minimum Gasteiger partial charge on any atom is -0.440 e. The number of fused-ring (bicyclic) bond motifs is 1. The van der Waals surface area contributed by atoms with Crippen molar-refractivity contribution in [3.8, 4) is 0 Å². The fourth-order valence-corrected chi connectivity index (χ4v) is 2.12. The molecule has 0 aliphatic rings. The van der Waals surface area contributed by atoms with E-state index in [0.717, 1.165) is 5.56 Å². The molecule has 1 aromatic heterocycles. The van der Waals surface area contributed by atoms with Gasteiger partial charge in [0.05, 0.1) is 6.42 Å². The number of aromatic nitrogens is 1. The Bertz CT molecular complexity index is 759. The lowest BCUT2D eigenvalue weighted by atomic mass is 10.0. The summed E-state index contributed by atoms with van der Waals surface area (Å²) in [4.78, 5) is 16.4. The summed E-state index contributed by atoms with van der Waals surface area (Å²) in [5, 5.41) is 0. The predicted octanol–water partition coefficient (Wildman–Crippen LogP) is 3.70. The molecule has 2 aromatic carbocycles. The zero-order valence-electron chi connectivity index (χ0n) is 10.9. The molecule has 4 heteroatoms. The number of carbonyl (C=O) groups is 1. The number of hydrogen-bond acceptors (Lipinski definition) is 3. The summed E-state index contributed by atoms with van der Waals surface area (Å²) in [6, 6.07) is 11.5. The van der Waals surface area contributed by atoms with Crippen LogP contribution in [-0.4, -0.2) is 10.8 Å². The number of benzene rings is 2. The van der Waals surface area contributed by atoms with Gasteiger partial charge in [-0.05, 0) is 36.8 Å². The van der Waals surface area contributed by atoms with Crippen LogP contribution < -0.4 is 0 Å². The molecule has 0 amide bonds. The summed E-state index contributed by atoms with van der Waals surface area (Å²) in [7, 11) is 0. The molecule has 0 saturated heterocycles. The molecule has 100 valence electrons. The number of oxazole rings is 1. The molecule has 0 N–H and O–H groups in total. The zero-order chi connectivity index (χ0) is 14.1. The highest BCUT2D eigenvalue weighted by molar-refractivity contribution is 5.98. The normalized spacial score (nSPS) is 10.9. The van der Waals surface area contributed by atoms with Crippen LogP contribution in [0.5, 0.6) is 0 Å². The minimum atomic E-state index is -0.420. The molecule has 0 atom stereocenters. The van der Waals surface area contributed by atoms with Crippen molar-refractivity contribution in [3.05, 3.63) is 65.3 Å². The highest BCUT2D eigenvalue weighted by Crippen LogP contribution is 2.18. The maximum atomic E-state index is 13.2. The summed E-state index contributed by atoms with van der Waals surface area (Å²) in [5.74, 6) is -0.273. The third-order valence-electron chi connectivity index (χ3n) is 3.15. The second-order valence-electron chi connectivity index (χ2n) is 4.63. The summed E-state index contributed by atoms with van der Waals surface area (Å²) < 4.78 is 18.7. The number of hydrogen-bond donors (Lipinski definition) is 0. The first-order valence-corrected chi connectivity index (χ1v) is 6.27. The van der Waals surface area contributed by atoms with Crippen LogP contribution in [0.3, 0.4) is 0 Å². The van der Waals surface area contributed by atoms with Gasteiger partial charge in [0, 0.05) is 5.56 Å². The number of aryl methyl sites for hydroxylation is 1. The van der Waals surface area contributed by atoms with E-state index in [1.54, 1.807) is 19.1 Å². The van der Waals surface area contributed by atoms with Crippen LogP contribution in [0.25, 0.3) is 11.1 Å². The Morgan fingerprint density at radius 3 is 2.85 bits per heavy atom. The van der Waals surface area contributed by atoms with E-state index in [0.29, 0.717) is 22.6 Å². The number of nitrogens with zero attached hydrogens (tertiary/aromatic N) is 1. The zero-order valence-corrected chi connectivity index (χ0v) is 10.9. The van der Waals surface area contributed by atoms with Crippen molar-refractivity contribution in [3.63, 3.8) is 0 Å². The SMILES string of the molecule is Cc1ccc(F)cc1C(=O)Cc1nc2ccccc2o1. The Kier molecular flexibility index (Phi) is 3.06. The van der Waals surface area contributed by atoms with Gasteiger partial charge in [-0.3, -0.25) is 4.79 Å². The number of rotatable bonds is 3. The van der Waals surface area contributed by atoms with Crippen LogP contribution in [0.1, 0.15) is 21.8 Å². The third-order valence-corrected chi connectivity index (χ3v) is 3.15. The van der Waals surface area contributed by atoms with E-state index in [4.69, 9.17) is 4.42 Å². The second-order valence-corrected chi connectivity index (χ2v) is 4.63. The van der Waals surface area contributed by atoms with Crippen molar-refractivity contribution >= 4 is 16.9 Å².